The number of rotatable bonds is 4. The van der Waals surface area contributed by atoms with Crippen LogP contribution in [0.1, 0.15) is 18.4 Å². The third-order valence-electron chi connectivity index (χ3n) is 3.48. The Balaban J connectivity index is 1.98. The number of halogens is 3. The Morgan fingerprint density at radius 3 is 2.68 bits per heavy atom. The summed E-state index contributed by atoms with van der Waals surface area (Å²) < 4.78 is 33.1. The van der Waals surface area contributed by atoms with Crippen LogP contribution < -0.4 is 0 Å². The quantitative estimate of drug-likeness (QED) is 0.781. The summed E-state index contributed by atoms with van der Waals surface area (Å²) in [5.41, 5.74) is 0.129. The highest BCUT2D eigenvalue weighted by Crippen LogP contribution is 2.23. The van der Waals surface area contributed by atoms with Crippen molar-refractivity contribution in [3.05, 3.63) is 33.8 Å². The lowest BCUT2D eigenvalue weighted by atomic mass is 9.99. The van der Waals surface area contributed by atoms with Crippen molar-refractivity contribution in [2.75, 3.05) is 26.8 Å². The Bertz CT molecular complexity index is 436. The zero-order valence-electron chi connectivity index (χ0n) is 11.0. The molecule has 1 aliphatic rings. The molecular weight excluding hydrogens is 316 g/mol. The second kappa shape index (κ2) is 6.77. The number of hydrogen-bond donors (Lipinski definition) is 0. The minimum Gasteiger partial charge on any atom is -0.381 e. The van der Waals surface area contributed by atoms with Crippen LogP contribution in [0.15, 0.2) is 16.6 Å². The fraction of sp³-hybridized carbons (Fsp3) is 0.571. The molecule has 1 aliphatic heterocycles. The second-order valence-corrected chi connectivity index (χ2v) is 5.93. The fourth-order valence-corrected chi connectivity index (χ4v) is 2.79. The molecule has 0 radical (unpaired) electrons. The van der Waals surface area contributed by atoms with Crippen molar-refractivity contribution in [1.82, 2.24) is 4.90 Å². The molecule has 1 aromatic carbocycles. The summed E-state index contributed by atoms with van der Waals surface area (Å²) >= 11 is 3.09. The highest BCUT2D eigenvalue weighted by atomic mass is 79.9. The first-order chi connectivity index (χ1) is 9.08. The van der Waals surface area contributed by atoms with Crippen LogP contribution in [0, 0.1) is 17.6 Å². The molecule has 0 aromatic heterocycles. The monoisotopic (exact) mass is 333 g/mol. The van der Waals surface area contributed by atoms with Gasteiger partial charge in [0.2, 0.25) is 0 Å². The molecule has 5 heteroatoms. The van der Waals surface area contributed by atoms with Crippen molar-refractivity contribution in [1.29, 1.82) is 0 Å². The van der Waals surface area contributed by atoms with Gasteiger partial charge in [-0.3, -0.25) is 0 Å². The van der Waals surface area contributed by atoms with Crippen molar-refractivity contribution in [3.63, 3.8) is 0 Å². The van der Waals surface area contributed by atoms with Gasteiger partial charge in [0.1, 0.15) is 11.6 Å². The van der Waals surface area contributed by atoms with Crippen LogP contribution in [0.2, 0.25) is 0 Å². The Labute approximate surface area is 120 Å². The van der Waals surface area contributed by atoms with Crippen molar-refractivity contribution >= 4 is 15.9 Å². The van der Waals surface area contributed by atoms with Gasteiger partial charge >= 0.3 is 0 Å². The smallest absolute Gasteiger partial charge is 0.144 e. The van der Waals surface area contributed by atoms with Crippen LogP contribution in [0.25, 0.3) is 0 Å². The van der Waals surface area contributed by atoms with Crippen LogP contribution in [0.3, 0.4) is 0 Å². The largest absolute Gasteiger partial charge is 0.381 e. The van der Waals surface area contributed by atoms with Gasteiger partial charge in [-0.05, 0) is 53.9 Å². The summed E-state index contributed by atoms with van der Waals surface area (Å²) in [6, 6.07) is 2.69. The van der Waals surface area contributed by atoms with E-state index in [0.717, 1.165) is 32.6 Å². The second-order valence-electron chi connectivity index (χ2n) is 5.07. The van der Waals surface area contributed by atoms with Crippen molar-refractivity contribution in [3.8, 4) is 0 Å². The van der Waals surface area contributed by atoms with E-state index in [9.17, 15) is 8.78 Å². The van der Waals surface area contributed by atoms with E-state index in [-0.39, 0.29) is 12.1 Å². The minimum atomic E-state index is -0.501. The predicted molar refractivity (Wildman–Crippen MR) is 73.9 cm³/mol. The molecule has 1 heterocycles. The Kier molecular flexibility index (Phi) is 5.30. The molecule has 0 N–H and O–H groups in total. The van der Waals surface area contributed by atoms with Gasteiger partial charge in [-0.2, -0.15) is 0 Å². The van der Waals surface area contributed by atoms with Gasteiger partial charge < -0.3 is 9.64 Å². The van der Waals surface area contributed by atoms with Crippen LogP contribution in [0.4, 0.5) is 8.78 Å². The van der Waals surface area contributed by atoms with Gasteiger partial charge in [0.25, 0.3) is 0 Å². The molecule has 0 unspecified atom stereocenters. The normalized spacial score (nSPS) is 17.1. The topological polar surface area (TPSA) is 12.5 Å². The Morgan fingerprint density at radius 1 is 1.32 bits per heavy atom. The standard InChI is InChI=1S/C14H18BrF2NO/c1-18(8-10-4-6-19-7-5-10)9-11-13(16)3-2-12(15)14(11)17/h2-3,10H,4-9H2,1H3. The van der Waals surface area contributed by atoms with Crippen molar-refractivity contribution in [2.45, 2.75) is 19.4 Å². The molecule has 2 nitrogen and oxygen atoms in total. The van der Waals surface area contributed by atoms with Crippen LogP contribution in [-0.4, -0.2) is 31.7 Å². The number of ether oxygens (including phenoxy) is 1. The molecule has 0 bridgehead atoms. The molecule has 106 valence electrons. The third kappa shape index (κ3) is 3.97. The maximum Gasteiger partial charge on any atom is 0.144 e. The molecule has 0 saturated carbocycles. The summed E-state index contributed by atoms with van der Waals surface area (Å²) in [5.74, 6) is -0.435. The summed E-state index contributed by atoms with van der Waals surface area (Å²) in [7, 11) is 1.90. The van der Waals surface area contributed by atoms with Gasteiger partial charge in [0.05, 0.1) is 4.47 Å². The van der Waals surface area contributed by atoms with Crippen LogP contribution in [0.5, 0.6) is 0 Å². The third-order valence-corrected chi connectivity index (χ3v) is 4.09. The van der Waals surface area contributed by atoms with Gasteiger partial charge in [-0.1, -0.05) is 0 Å². The molecule has 0 aliphatic carbocycles. The van der Waals surface area contributed by atoms with E-state index in [1.54, 1.807) is 0 Å². The van der Waals surface area contributed by atoms with Gasteiger partial charge in [0.15, 0.2) is 0 Å². The van der Waals surface area contributed by atoms with Gasteiger partial charge in [0, 0.05) is 31.9 Å². The molecule has 1 fully saturated rings. The molecule has 0 spiro atoms. The van der Waals surface area contributed by atoms with E-state index in [0.29, 0.717) is 10.4 Å². The van der Waals surface area contributed by atoms with Crippen molar-refractivity contribution < 1.29 is 13.5 Å². The first kappa shape index (κ1) is 14.9. The highest BCUT2D eigenvalue weighted by molar-refractivity contribution is 9.10. The number of benzene rings is 1. The maximum absolute atomic E-state index is 13.9. The molecule has 1 aromatic rings. The molecule has 0 atom stereocenters. The molecule has 19 heavy (non-hydrogen) atoms. The van der Waals surface area contributed by atoms with E-state index in [2.05, 4.69) is 15.9 Å². The van der Waals surface area contributed by atoms with Crippen LogP contribution >= 0.6 is 15.9 Å². The number of nitrogens with zero attached hydrogens (tertiary/aromatic N) is 1. The summed E-state index contributed by atoms with van der Waals surface area (Å²) in [6.45, 7) is 2.71. The molecule has 2 rings (SSSR count). The summed E-state index contributed by atoms with van der Waals surface area (Å²) in [5, 5.41) is 0. The molecular formula is C14H18BrF2NO. The average molecular weight is 334 g/mol. The van der Waals surface area contributed by atoms with E-state index in [4.69, 9.17) is 4.74 Å². The summed E-state index contributed by atoms with van der Waals surface area (Å²) in [4.78, 5) is 1.98. The maximum atomic E-state index is 13.9. The SMILES string of the molecule is CN(Cc1c(F)ccc(Br)c1F)CC1CCOCC1. The molecule has 0 amide bonds. The highest BCUT2D eigenvalue weighted by Gasteiger charge is 2.18. The summed E-state index contributed by atoms with van der Waals surface area (Å²) in [6.07, 6.45) is 2.04. The Morgan fingerprint density at radius 2 is 2.00 bits per heavy atom. The first-order valence-corrected chi connectivity index (χ1v) is 7.26. The van der Waals surface area contributed by atoms with E-state index in [1.165, 1.54) is 12.1 Å². The van der Waals surface area contributed by atoms with E-state index >= 15 is 0 Å². The van der Waals surface area contributed by atoms with Crippen molar-refractivity contribution in [2.24, 2.45) is 5.92 Å². The molecule has 1 saturated heterocycles. The predicted octanol–water partition coefficient (Wildman–Crippen LogP) is 3.59. The average Bonchev–Trinajstić information content (AvgIpc) is 2.40. The minimum absolute atomic E-state index is 0.129. The zero-order valence-corrected chi connectivity index (χ0v) is 12.6. The van der Waals surface area contributed by atoms with E-state index < -0.39 is 11.6 Å². The van der Waals surface area contributed by atoms with Gasteiger partial charge in [-0.15, -0.1) is 0 Å². The van der Waals surface area contributed by atoms with E-state index in [1.807, 2.05) is 11.9 Å². The lowest BCUT2D eigenvalue weighted by Gasteiger charge is -2.27. The fourth-order valence-electron chi connectivity index (χ4n) is 2.42. The van der Waals surface area contributed by atoms with Gasteiger partial charge in [-0.25, -0.2) is 8.78 Å². The lowest BCUT2D eigenvalue weighted by Crippen LogP contribution is -2.29. The zero-order chi connectivity index (χ0) is 13.8. The van der Waals surface area contributed by atoms with Crippen LogP contribution in [-0.2, 0) is 11.3 Å². The number of hydrogen-bond acceptors (Lipinski definition) is 2. The first-order valence-electron chi connectivity index (χ1n) is 6.46. The lowest BCUT2D eigenvalue weighted by molar-refractivity contribution is 0.0547. The Hall–Kier alpha value is -0.520.